The summed E-state index contributed by atoms with van der Waals surface area (Å²) in [5.41, 5.74) is 1.16. The number of aromatic carboxylic acids is 1. The van der Waals surface area contributed by atoms with Crippen molar-refractivity contribution in [1.82, 2.24) is 24.8 Å². The third-order valence-corrected chi connectivity index (χ3v) is 7.13. The Morgan fingerprint density at radius 2 is 2.02 bits per heavy atom. The van der Waals surface area contributed by atoms with Crippen LogP contribution in [0.3, 0.4) is 0 Å². The minimum Gasteiger partial charge on any atom is -0.478 e. The fraction of sp³-hybridized carbons (Fsp3) is 0.310. The zero-order valence-electron chi connectivity index (χ0n) is 22.6. The molecular weight excluding hydrogens is 513 g/mol. The highest BCUT2D eigenvalue weighted by Gasteiger charge is 2.27. The standard InChI is InChI=1S/C29H28FN7O3/c1-15(2)23-25(16(3)7-8-33-23)37-27-21(26(35-29(37)40)36-10-9-32-14-17(36)4)12-19(13-31)24(34-27)20-11-18(28(38)39)5-6-22(20)30/h5-8,11-12,15,17,32H,9-10,14H2,1-4H3,(H,38,39)/t17-/m0/s1. The Kier molecular flexibility index (Phi) is 7.04. The third-order valence-electron chi connectivity index (χ3n) is 7.13. The number of piperazine rings is 1. The number of pyridine rings is 2. The summed E-state index contributed by atoms with van der Waals surface area (Å²) in [6, 6.07) is 8.74. The quantitative estimate of drug-likeness (QED) is 0.387. The molecule has 0 aliphatic carbocycles. The number of carboxylic acids is 1. The molecule has 3 aromatic heterocycles. The highest BCUT2D eigenvalue weighted by molar-refractivity contribution is 5.93. The van der Waals surface area contributed by atoms with Gasteiger partial charge in [0.15, 0.2) is 5.65 Å². The number of benzene rings is 1. The minimum absolute atomic E-state index is 0.000887. The van der Waals surface area contributed by atoms with Crippen molar-refractivity contribution in [2.75, 3.05) is 24.5 Å². The van der Waals surface area contributed by atoms with Gasteiger partial charge in [-0.3, -0.25) is 4.98 Å². The van der Waals surface area contributed by atoms with Gasteiger partial charge < -0.3 is 15.3 Å². The SMILES string of the molecule is Cc1ccnc(C(C)C)c1-n1c(=O)nc(N2CCNC[C@@H]2C)c2cc(C#N)c(-c3cc(C(=O)O)ccc3F)nc21. The molecule has 1 saturated heterocycles. The highest BCUT2D eigenvalue weighted by atomic mass is 19.1. The summed E-state index contributed by atoms with van der Waals surface area (Å²) < 4.78 is 16.5. The molecular formula is C29H28FN7O3. The van der Waals surface area contributed by atoms with E-state index in [1.54, 1.807) is 18.3 Å². The average Bonchev–Trinajstić information content (AvgIpc) is 2.93. The number of nitriles is 1. The summed E-state index contributed by atoms with van der Waals surface area (Å²) in [7, 11) is 0. The Hall–Kier alpha value is -4.69. The van der Waals surface area contributed by atoms with Crippen LogP contribution in [-0.2, 0) is 0 Å². The van der Waals surface area contributed by atoms with Crippen LogP contribution in [0.5, 0.6) is 0 Å². The zero-order chi connectivity index (χ0) is 28.7. The van der Waals surface area contributed by atoms with Gasteiger partial charge in [0.1, 0.15) is 17.7 Å². The topological polar surface area (TPSA) is 137 Å². The lowest BCUT2D eigenvalue weighted by Gasteiger charge is -2.35. The number of halogens is 1. The fourth-order valence-electron chi connectivity index (χ4n) is 5.12. The molecule has 0 amide bonds. The first-order chi connectivity index (χ1) is 19.1. The smallest absolute Gasteiger partial charge is 0.355 e. The molecule has 1 aliphatic heterocycles. The summed E-state index contributed by atoms with van der Waals surface area (Å²) in [5.74, 6) is -1.66. The number of aryl methyl sites for hydroxylation is 1. The van der Waals surface area contributed by atoms with Crippen LogP contribution in [0.2, 0.25) is 0 Å². The maximum absolute atomic E-state index is 15.1. The zero-order valence-corrected chi connectivity index (χ0v) is 22.6. The van der Waals surface area contributed by atoms with Crippen LogP contribution in [-0.4, -0.2) is 56.3 Å². The van der Waals surface area contributed by atoms with Crippen molar-refractivity contribution in [3.05, 3.63) is 75.2 Å². The number of anilines is 1. The monoisotopic (exact) mass is 541 g/mol. The molecule has 0 bridgehead atoms. The van der Waals surface area contributed by atoms with Crippen molar-refractivity contribution in [3.8, 4) is 23.0 Å². The van der Waals surface area contributed by atoms with E-state index in [0.717, 1.165) is 23.8 Å². The molecule has 0 radical (unpaired) electrons. The number of rotatable bonds is 5. The normalized spacial score (nSPS) is 15.4. The Morgan fingerprint density at radius 1 is 1.25 bits per heavy atom. The summed E-state index contributed by atoms with van der Waals surface area (Å²) >= 11 is 0. The number of nitrogens with one attached hydrogen (secondary N) is 1. The summed E-state index contributed by atoms with van der Waals surface area (Å²) in [4.78, 5) is 41.3. The summed E-state index contributed by atoms with van der Waals surface area (Å²) in [6.45, 7) is 9.72. The molecule has 10 nitrogen and oxygen atoms in total. The minimum atomic E-state index is -1.25. The van der Waals surface area contributed by atoms with Gasteiger partial charge in [-0.05, 0) is 55.7 Å². The number of nitrogens with zero attached hydrogens (tertiary/aromatic N) is 6. The number of hydrogen-bond acceptors (Lipinski definition) is 8. The largest absolute Gasteiger partial charge is 0.478 e. The second kappa shape index (κ2) is 10.5. The van der Waals surface area contributed by atoms with E-state index in [2.05, 4.69) is 21.4 Å². The predicted molar refractivity (Wildman–Crippen MR) is 149 cm³/mol. The molecule has 40 heavy (non-hydrogen) atoms. The van der Waals surface area contributed by atoms with Crippen molar-refractivity contribution < 1.29 is 14.3 Å². The first-order valence-electron chi connectivity index (χ1n) is 13.0. The van der Waals surface area contributed by atoms with Crippen LogP contribution in [0.1, 0.15) is 53.9 Å². The number of carbonyl (C=O) groups is 1. The second-order valence-electron chi connectivity index (χ2n) is 10.2. The van der Waals surface area contributed by atoms with Gasteiger partial charge in [0.2, 0.25) is 0 Å². The summed E-state index contributed by atoms with van der Waals surface area (Å²) in [5, 5.41) is 23.4. The van der Waals surface area contributed by atoms with Gasteiger partial charge in [-0.2, -0.15) is 10.2 Å². The summed E-state index contributed by atoms with van der Waals surface area (Å²) in [6.07, 6.45) is 1.67. The maximum Gasteiger partial charge on any atom is 0.355 e. The lowest BCUT2D eigenvalue weighted by atomic mass is 10.0. The molecule has 4 heterocycles. The molecule has 0 saturated carbocycles. The van der Waals surface area contributed by atoms with Gasteiger partial charge in [-0.1, -0.05) is 13.8 Å². The van der Waals surface area contributed by atoms with Gasteiger partial charge in [0, 0.05) is 37.4 Å². The Morgan fingerprint density at radius 3 is 2.70 bits per heavy atom. The molecule has 1 fully saturated rings. The molecule has 4 aromatic rings. The van der Waals surface area contributed by atoms with E-state index in [4.69, 9.17) is 4.98 Å². The lowest BCUT2D eigenvalue weighted by molar-refractivity contribution is 0.0697. The lowest BCUT2D eigenvalue weighted by Crippen LogP contribution is -2.50. The van der Waals surface area contributed by atoms with E-state index in [9.17, 15) is 20.0 Å². The van der Waals surface area contributed by atoms with E-state index >= 15 is 4.39 Å². The molecule has 0 unspecified atom stereocenters. The van der Waals surface area contributed by atoms with Crippen molar-refractivity contribution >= 4 is 22.8 Å². The molecule has 2 N–H and O–H groups in total. The van der Waals surface area contributed by atoms with E-state index in [0.29, 0.717) is 42.2 Å². The molecule has 1 aliphatic rings. The van der Waals surface area contributed by atoms with Gasteiger partial charge in [-0.25, -0.2) is 23.5 Å². The van der Waals surface area contributed by atoms with Gasteiger partial charge >= 0.3 is 11.7 Å². The number of hydrogen-bond donors (Lipinski definition) is 2. The van der Waals surface area contributed by atoms with E-state index in [-0.39, 0.29) is 40.0 Å². The van der Waals surface area contributed by atoms with Crippen LogP contribution in [0.15, 0.2) is 41.3 Å². The number of aromatic nitrogens is 4. The molecule has 204 valence electrons. The first-order valence-corrected chi connectivity index (χ1v) is 13.0. The van der Waals surface area contributed by atoms with E-state index in [1.807, 2.05) is 32.6 Å². The first kappa shape index (κ1) is 26.9. The Bertz CT molecular complexity index is 1760. The van der Waals surface area contributed by atoms with Crippen molar-refractivity contribution in [1.29, 1.82) is 5.26 Å². The van der Waals surface area contributed by atoms with E-state index < -0.39 is 17.5 Å². The second-order valence-corrected chi connectivity index (χ2v) is 10.2. The molecule has 5 rings (SSSR count). The van der Waals surface area contributed by atoms with Gasteiger partial charge in [-0.15, -0.1) is 0 Å². The fourth-order valence-corrected chi connectivity index (χ4v) is 5.12. The third kappa shape index (κ3) is 4.56. The molecule has 0 spiro atoms. The number of fused-ring (bicyclic) bond motifs is 1. The van der Waals surface area contributed by atoms with Gasteiger partial charge in [0.05, 0.1) is 33.6 Å². The van der Waals surface area contributed by atoms with Crippen LogP contribution in [0, 0.1) is 24.1 Å². The predicted octanol–water partition coefficient (Wildman–Crippen LogP) is 3.78. The highest BCUT2D eigenvalue weighted by Crippen LogP contribution is 2.34. The maximum atomic E-state index is 15.1. The van der Waals surface area contributed by atoms with Crippen LogP contribution in [0.4, 0.5) is 10.2 Å². The van der Waals surface area contributed by atoms with Crippen molar-refractivity contribution in [3.63, 3.8) is 0 Å². The van der Waals surface area contributed by atoms with Gasteiger partial charge in [0.25, 0.3) is 0 Å². The van der Waals surface area contributed by atoms with Crippen molar-refractivity contribution in [2.24, 2.45) is 0 Å². The molecule has 1 aromatic carbocycles. The van der Waals surface area contributed by atoms with Crippen molar-refractivity contribution in [2.45, 2.75) is 39.7 Å². The van der Waals surface area contributed by atoms with E-state index in [1.165, 1.54) is 4.57 Å². The van der Waals surface area contributed by atoms with Crippen LogP contribution < -0.4 is 15.9 Å². The molecule has 11 heteroatoms. The Labute approximate surface area is 229 Å². The van der Waals surface area contributed by atoms with Crippen LogP contribution >= 0.6 is 0 Å². The Balaban J connectivity index is 1.94. The molecule has 1 atom stereocenters. The van der Waals surface area contributed by atoms with Crippen LogP contribution in [0.25, 0.3) is 28.0 Å². The average molecular weight is 542 g/mol. The number of carboxylic acid groups (broad SMARTS) is 1.